The average Bonchev–Trinajstić information content (AvgIpc) is 3.05. The highest BCUT2D eigenvalue weighted by molar-refractivity contribution is 5.77. The lowest BCUT2D eigenvalue weighted by Crippen LogP contribution is -2.33. The highest BCUT2D eigenvalue weighted by atomic mass is 16.5. The Morgan fingerprint density at radius 2 is 2.13 bits per heavy atom. The van der Waals surface area contributed by atoms with E-state index in [2.05, 4.69) is 9.97 Å². The van der Waals surface area contributed by atoms with Gasteiger partial charge in [0, 0.05) is 25.4 Å². The second kappa shape index (κ2) is 7.69. The largest absolute Gasteiger partial charge is 0.471 e. The van der Waals surface area contributed by atoms with E-state index in [0.29, 0.717) is 25.6 Å². The van der Waals surface area contributed by atoms with Crippen molar-refractivity contribution in [2.75, 3.05) is 19.7 Å². The van der Waals surface area contributed by atoms with Crippen molar-refractivity contribution in [3.05, 3.63) is 54.5 Å². The molecule has 1 aliphatic heterocycles. The van der Waals surface area contributed by atoms with Crippen LogP contribution < -0.4 is 4.74 Å². The second-order valence-electron chi connectivity index (χ2n) is 5.39. The highest BCUT2D eigenvalue weighted by Crippen LogP contribution is 2.15. The quantitative estimate of drug-likeness (QED) is 0.812. The van der Waals surface area contributed by atoms with Gasteiger partial charge in [-0.2, -0.15) is 0 Å². The van der Waals surface area contributed by atoms with Crippen LogP contribution in [0.3, 0.4) is 0 Å². The van der Waals surface area contributed by atoms with E-state index in [-0.39, 0.29) is 18.6 Å². The van der Waals surface area contributed by atoms with Crippen molar-refractivity contribution in [1.29, 1.82) is 0 Å². The molecule has 6 heteroatoms. The molecular weight excluding hydrogens is 294 g/mol. The van der Waals surface area contributed by atoms with E-state index in [4.69, 9.17) is 9.47 Å². The van der Waals surface area contributed by atoms with Gasteiger partial charge >= 0.3 is 0 Å². The molecule has 1 fully saturated rings. The number of carbonyl (C=O) groups excluding carboxylic acids is 1. The van der Waals surface area contributed by atoms with Crippen molar-refractivity contribution in [3.8, 4) is 5.88 Å². The molecule has 0 saturated carbocycles. The van der Waals surface area contributed by atoms with Crippen LogP contribution in [0.5, 0.6) is 5.88 Å². The second-order valence-corrected chi connectivity index (χ2v) is 5.39. The minimum Gasteiger partial charge on any atom is -0.471 e. The number of carbonyl (C=O) groups is 1. The van der Waals surface area contributed by atoms with Crippen molar-refractivity contribution in [3.63, 3.8) is 0 Å². The molecule has 0 bridgehead atoms. The molecule has 3 rings (SSSR count). The summed E-state index contributed by atoms with van der Waals surface area (Å²) < 4.78 is 11.2. The summed E-state index contributed by atoms with van der Waals surface area (Å²) in [5.41, 5.74) is 1.06. The fourth-order valence-electron chi connectivity index (χ4n) is 2.49. The Morgan fingerprint density at radius 1 is 1.26 bits per heavy atom. The molecule has 1 aromatic heterocycles. The van der Waals surface area contributed by atoms with Gasteiger partial charge in [-0.05, 0) is 5.56 Å². The Bertz CT molecular complexity index is 621. The van der Waals surface area contributed by atoms with Gasteiger partial charge in [0.25, 0.3) is 0 Å². The standard InChI is InChI=1S/C17H19N3O3/c21-17(13-22-12-14-4-2-1-3-5-14)20-9-6-15(11-20)23-16-10-18-7-8-19-16/h1-5,7-8,10,15H,6,9,11-13H2/t15-/m0/s1. The van der Waals surface area contributed by atoms with Crippen molar-refractivity contribution in [2.45, 2.75) is 19.1 Å². The molecular formula is C17H19N3O3. The molecule has 0 N–H and O–H groups in total. The van der Waals surface area contributed by atoms with Gasteiger partial charge in [-0.25, -0.2) is 4.98 Å². The lowest BCUT2D eigenvalue weighted by molar-refractivity contribution is -0.135. The van der Waals surface area contributed by atoms with E-state index in [1.165, 1.54) is 0 Å². The molecule has 1 atom stereocenters. The Kier molecular flexibility index (Phi) is 5.16. The van der Waals surface area contributed by atoms with E-state index in [0.717, 1.165) is 12.0 Å². The molecule has 0 unspecified atom stereocenters. The van der Waals surface area contributed by atoms with Crippen molar-refractivity contribution < 1.29 is 14.3 Å². The number of benzene rings is 1. The highest BCUT2D eigenvalue weighted by Gasteiger charge is 2.27. The molecule has 1 saturated heterocycles. The normalized spacial score (nSPS) is 17.2. The Labute approximate surface area is 135 Å². The minimum atomic E-state index is -0.0372. The van der Waals surface area contributed by atoms with Crippen LogP contribution in [-0.2, 0) is 16.1 Å². The Hall–Kier alpha value is -2.47. The summed E-state index contributed by atoms with van der Waals surface area (Å²) in [5, 5.41) is 0. The third-order valence-corrected chi connectivity index (χ3v) is 3.66. The van der Waals surface area contributed by atoms with Crippen LogP contribution in [0.2, 0.25) is 0 Å². The summed E-state index contributed by atoms with van der Waals surface area (Å²) in [6.45, 7) is 1.77. The summed E-state index contributed by atoms with van der Waals surface area (Å²) in [4.78, 5) is 22.0. The molecule has 0 aliphatic carbocycles. The molecule has 2 heterocycles. The average molecular weight is 313 g/mol. The van der Waals surface area contributed by atoms with Gasteiger partial charge in [0.1, 0.15) is 12.7 Å². The third-order valence-electron chi connectivity index (χ3n) is 3.66. The van der Waals surface area contributed by atoms with Gasteiger partial charge < -0.3 is 14.4 Å². The van der Waals surface area contributed by atoms with Gasteiger partial charge in [-0.1, -0.05) is 30.3 Å². The Morgan fingerprint density at radius 3 is 2.91 bits per heavy atom. The molecule has 6 nitrogen and oxygen atoms in total. The molecule has 23 heavy (non-hydrogen) atoms. The lowest BCUT2D eigenvalue weighted by atomic mass is 10.2. The van der Waals surface area contributed by atoms with E-state index < -0.39 is 0 Å². The first-order chi connectivity index (χ1) is 11.3. The number of hydrogen-bond acceptors (Lipinski definition) is 5. The first kappa shape index (κ1) is 15.4. The maximum Gasteiger partial charge on any atom is 0.248 e. The predicted molar refractivity (Wildman–Crippen MR) is 83.7 cm³/mol. The van der Waals surface area contributed by atoms with E-state index >= 15 is 0 Å². The number of likely N-dealkylation sites (tertiary alicyclic amines) is 1. The lowest BCUT2D eigenvalue weighted by Gasteiger charge is -2.17. The van der Waals surface area contributed by atoms with E-state index in [1.54, 1.807) is 23.5 Å². The fourth-order valence-corrected chi connectivity index (χ4v) is 2.49. The molecule has 2 aromatic rings. The van der Waals surface area contributed by atoms with Gasteiger partial charge in [-0.3, -0.25) is 9.78 Å². The zero-order valence-electron chi connectivity index (χ0n) is 12.8. The molecule has 0 spiro atoms. The summed E-state index contributed by atoms with van der Waals surface area (Å²) in [7, 11) is 0. The summed E-state index contributed by atoms with van der Waals surface area (Å²) in [5.74, 6) is 0.485. The number of rotatable bonds is 6. The van der Waals surface area contributed by atoms with Gasteiger partial charge in [0.05, 0.1) is 19.3 Å². The molecule has 1 aromatic carbocycles. The van der Waals surface area contributed by atoms with Crippen molar-refractivity contribution in [2.24, 2.45) is 0 Å². The van der Waals surface area contributed by atoms with Crippen LogP contribution in [0.1, 0.15) is 12.0 Å². The van der Waals surface area contributed by atoms with Gasteiger partial charge in [-0.15, -0.1) is 0 Å². The molecule has 0 radical (unpaired) electrons. The monoisotopic (exact) mass is 313 g/mol. The summed E-state index contributed by atoms with van der Waals surface area (Å²) in [6.07, 6.45) is 5.52. The molecule has 1 aliphatic rings. The smallest absolute Gasteiger partial charge is 0.248 e. The first-order valence-corrected chi connectivity index (χ1v) is 7.63. The number of ether oxygens (including phenoxy) is 2. The number of amides is 1. The topological polar surface area (TPSA) is 64.5 Å². The number of aromatic nitrogens is 2. The number of hydrogen-bond donors (Lipinski definition) is 0. The zero-order valence-corrected chi connectivity index (χ0v) is 12.8. The summed E-state index contributed by atoms with van der Waals surface area (Å²) >= 11 is 0. The maximum atomic E-state index is 12.2. The zero-order chi connectivity index (χ0) is 15.9. The van der Waals surface area contributed by atoms with Crippen molar-refractivity contribution >= 4 is 5.91 Å². The minimum absolute atomic E-state index is 0.00817. The molecule has 1 amide bonds. The third kappa shape index (κ3) is 4.50. The first-order valence-electron chi connectivity index (χ1n) is 7.63. The SMILES string of the molecule is O=C(COCc1ccccc1)N1CC[C@H](Oc2cnccn2)C1. The molecule has 120 valence electrons. The van der Waals surface area contributed by atoms with E-state index in [9.17, 15) is 4.79 Å². The van der Waals surface area contributed by atoms with Gasteiger partial charge in [0.2, 0.25) is 11.8 Å². The van der Waals surface area contributed by atoms with Crippen LogP contribution in [0.15, 0.2) is 48.9 Å². The van der Waals surface area contributed by atoms with Crippen LogP contribution >= 0.6 is 0 Å². The number of nitrogens with zero attached hydrogens (tertiary/aromatic N) is 3. The Balaban J connectivity index is 1.41. The summed E-state index contributed by atoms with van der Waals surface area (Å²) in [6, 6.07) is 9.82. The van der Waals surface area contributed by atoms with Crippen LogP contribution in [0, 0.1) is 0 Å². The predicted octanol–water partition coefficient (Wildman–Crippen LogP) is 1.67. The van der Waals surface area contributed by atoms with Crippen LogP contribution in [0.4, 0.5) is 0 Å². The van der Waals surface area contributed by atoms with Crippen LogP contribution in [-0.4, -0.2) is 46.6 Å². The van der Waals surface area contributed by atoms with Gasteiger partial charge in [0.15, 0.2) is 0 Å². The maximum absolute atomic E-state index is 12.2. The fraction of sp³-hybridized carbons (Fsp3) is 0.353. The van der Waals surface area contributed by atoms with Crippen LogP contribution in [0.25, 0.3) is 0 Å². The van der Waals surface area contributed by atoms with Crippen molar-refractivity contribution in [1.82, 2.24) is 14.9 Å². The van der Waals surface area contributed by atoms with E-state index in [1.807, 2.05) is 30.3 Å².